The number of methoxy groups -OCH3 is 1. The molecule has 0 unspecified atom stereocenters. The fraction of sp³-hybridized carbons (Fsp3) is 0.500. The van der Waals surface area contributed by atoms with E-state index in [1.807, 2.05) is 44.2 Å². The Bertz CT molecular complexity index is 480. The number of hydrogen-bond donors (Lipinski definition) is 2. The van der Waals surface area contributed by atoms with E-state index in [0.29, 0.717) is 5.75 Å². The van der Waals surface area contributed by atoms with Gasteiger partial charge in [0.2, 0.25) is 5.91 Å². The number of benzene rings is 1. The highest BCUT2D eigenvalue weighted by Gasteiger charge is 2.25. The van der Waals surface area contributed by atoms with Gasteiger partial charge in [-0.1, -0.05) is 44.2 Å². The van der Waals surface area contributed by atoms with Crippen molar-refractivity contribution in [2.75, 3.05) is 12.9 Å². The van der Waals surface area contributed by atoms with Gasteiger partial charge in [0, 0.05) is 11.5 Å². The van der Waals surface area contributed by atoms with Crippen molar-refractivity contribution in [3.8, 4) is 0 Å². The summed E-state index contributed by atoms with van der Waals surface area (Å²) >= 11 is 1.56. The minimum atomic E-state index is -0.684. The first-order valence-corrected chi connectivity index (χ1v) is 8.36. The van der Waals surface area contributed by atoms with E-state index in [1.54, 1.807) is 11.8 Å². The first kappa shape index (κ1) is 18.5. The smallest absolute Gasteiger partial charge is 0.329 e. The van der Waals surface area contributed by atoms with Gasteiger partial charge in [0.25, 0.3) is 0 Å². The predicted octanol–water partition coefficient (Wildman–Crippen LogP) is 1.56. The molecule has 0 fully saturated rings. The number of nitrogens with one attached hydrogen (secondary N) is 1. The quantitative estimate of drug-likeness (QED) is 0.709. The molecule has 0 aliphatic rings. The van der Waals surface area contributed by atoms with E-state index in [2.05, 4.69) is 5.32 Å². The van der Waals surface area contributed by atoms with Gasteiger partial charge in [-0.2, -0.15) is 11.8 Å². The van der Waals surface area contributed by atoms with Crippen LogP contribution in [0.1, 0.15) is 19.4 Å². The van der Waals surface area contributed by atoms with Crippen LogP contribution in [-0.2, 0) is 20.1 Å². The highest BCUT2D eigenvalue weighted by atomic mass is 32.2. The number of rotatable bonds is 8. The van der Waals surface area contributed by atoms with Crippen LogP contribution in [0.2, 0.25) is 0 Å². The summed E-state index contributed by atoms with van der Waals surface area (Å²) in [7, 11) is 1.31. The second-order valence-electron chi connectivity index (χ2n) is 5.35. The summed E-state index contributed by atoms with van der Waals surface area (Å²) in [5, 5.41) is 2.68. The van der Waals surface area contributed by atoms with Crippen LogP contribution in [0, 0.1) is 5.92 Å². The van der Waals surface area contributed by atoms with Crippen LogP contribution in [0.4, 0.5) is 0 Å². The summed E-state index contributed by atoms with van der Waals surface area (Å²) in [6.07, 6.45) is 0. The summed E-state index contributed by atoms with van der Waals surface area (Å²) in [4.78, 5) is 23.8. The zero-order valence-corrected chi connectivity index (χ0v) is 14.1. The minimum absolute atomic E-state index is 0.00951. The summed E-state index contributed by atoms with van der Waals surface area (Å²) in [5.74, 6) is 0.435. The largest absolute Gasteiger partial charge is 0.467 e. The van der Waals surface area contributed by atoms with Gasteiger partial charge in [-0.15, -0.1) is 0 Å². The maximum Gasteiger partial charge on any atom is 0.329 e. The lowest BCUT2D eigenvalue weighted by Gasteiger charge is -2.20. The average Bonchev–Trinajstić information content (AvgIpc) is 2.53. The van der Waals surface area contributed by atoms with Gasteiger partial charge in [0.1, 0.15) is 6.04 Å². The highest BCUT2D eigenvalue weighted by molar-refractivity contribution is 7.98. The molecule has 0 saturated carbocycles. The molecule has 1 aromatic rings. The molecule has 5 nitrogen and oxygen atoms in total. The number of amides is 1. The summed E-state index contributed by atoms with van der Waals surface area (Å²) < 4.78 is 4.75. The third-order valence-electron chi connectivity index (χ3n) is 3.22. The van der Waals surface area contributed by atoms with E-state index in [0.717, 1.165) is 5.75 Å². The number of carbonyl (C=O) groups excluding carboxylic acids is 2. The maximum atomic E-state index is 12.0. The number of thioether (sulfide) groups is 1. The molecule has 0 heterocycles. The van der Waals surface area contributed by atoms with Crippen molar-refractivity contribution in [2.45, 2.75) is 31.7 Å². The van der Waals surface area contributed by atoms with Crippen molar-refractivity contribution in [3.05, 3.63) is 35.9 Å². The number of nitrogens with two attached hydrogens (primary N) is 1. The minimum Gasteiger partial charge on any atom is -0.467 e. The Hall–Kier alpha value is -1.53. The molecule has 0 bridgehead atoms. The summed E-state index contributed by atoms with van der Waals surface area (Å²) in [5.41, 5.74) is 6.97. The van der Waals surface area contributed by atoms with Gasteiger partial charge >= 0.3 is 5.97 Å². The van der Waals surface area contributed by atoms with Crippen molar-refractivity contribution in [1.82, 2.24) is 5.32 Å². The number of carbonyl (C=O) groups is 2. The van der Waals surface area contributed by atoms with Crippen molar-refractivity contribution in [3.63, 3.8) is 0 Å². The van der Waals surface area contributed by atoms with Crippen molar-refractivity contribution in [2.24, 2.45) is 11.7 Å². The van der Waals surface area contributed by atoms with E-state index in [-0.39, 0.29) is 11.8 Å². The Morgan fingerprint density at radius 3 is 2.45 bits per heavy atom. The fourth-order valence-corrected chi connectivity index (χ4v) is 2.75. The first-order valence-electron chi connectivity index (χ1n) is 7.21. The molecule has 0 spiro atoms. The number of hydrogen-bond acceptors (Lipinski definition) is 5. The van der Waals surface area contributed by atoms with Crippen LogP contribution in [0.15, 0.2) is 30.3 Å². The molecule has 1 aromatic carbocycles. The number of ether oxygens (including phenoxy) is 1. The zero-order valence-electron chi connectivity index (χ0n) is 13.2. The average molecular weight is 324 g/mol. The van der Waals surface area contributed by atoms with Crippen LogP contribution in [0.25, 0.3) is 0 Å². The predicted molar refractivity (Wildman–Crippen MR) is 89.4 cm³/mol. The molecule has 6 heteroatoms. The normalized spacial score (nSPS) is 13.5. The van der Waals surface area contributed by atoms with Crippen LogP contribution in [0.3, 0.4) is 0 Å². The third kappa shape index (κ3) is 6.07. The lowest BCUT2D eigenvalue weighted by Crippen LogP contribution is -2.51. The van der Waals surface area contributed by atoms with E-state index in [4.69, 9.17) is 10.5 Å². The molecule has 0 aliphatic carbocycles. The summed E-state index contributed by atoms with van der Waals surface area (Å²) in [6.45, 7) is 3.73. The van der Waals surface area contributed by atoms with Gasteiger partial charge in [0.15, 0.2) is 0 Å². The van der Waals surface area contributed by atoms with Crippen LogP contribution in [0.5, 0.6) is 0 Å². The molecule has 1 amide bonds. The van der Waals surface area contributed by atoms with Crippen LogP contribution in [-0.4, -0.2) is 36.8 Å². The van der Waals surface area contributed by atoms with E-state index >= 15 is 0 Å². The van der Waals surface area contributed by atoms with Crippen LogP contribution < -0.4 is 11.1 Å². The van der Waals surface area contributed by atoms with Crippen molar-refractivity contribution >= 4 is 23.6 Å². The standard InChI is InChI=1S/C16H24N2O3S/c1-11(2)14(17)15(19)18-13(16(20)21-3)10-22-9-12-7-5-4-6-8-12/h4-8,11,13-14H,9-10,17H2,1-3H3,(H,18,19)/t13-,14-/m0/s1. The van der Waals surface area contributed by atoms with Crippen LogP contribution >= 0.6 is 11.8 Å². The summed E-state index contributed by atoms with van der Waals surface area (Å²) in [6, 6.07) is 8.62. The lowest BCUT2D eigenvalue weighted by atomic mass is 10.0. The molecule has 122 valence electrons. The molecule has 22 heavy (non-hydrogen) atoms. The molecule has 0 aromatic heterocycles. The fourth-order valence-electron chi connectivity index (χ4n) is 1.75. The van der Waals surface area contributed by atoms with E-state index < -0.39 is 18.1 Å². The van der Waals surface area contributed by atoms with Gasteiger partial charge in [-0.05, 0) is 11.5 Å². The van der Waals surface area contributed by atoms with Crippen molar-refractivity contribution < 1.29 is 14.3 Å². The Labute approximate surface area is 136 Å². The second-order valence-corrected chi connectivity index (χ2v) is 6.39. The van der Waals surface area contributed by atoms with Gasteiger partial charge < -0.3 is 15.8 Å². The van der Waals surface area contributed by atoms with Crippen molar-refractivity contribution in [1.29, 1.82) is 0 Å². The van der Waals surface area contributed by atoms with Gasteiger partial charge in [0.05, 0.1) is 13.2 Å². The zero-order chi connectivity index (χ0) is 16.5. The SMILES string of the molecule is COC(=O)[C@H](CSCc1ccccc1)NC(=O)[C@@H](N)C(C)C. The molecule has 0 saturated heterocycles. The lowest BCUT2D eigenvalue weighted by molar-refractivity contribution is -0.144. The van der Waals surface area contributed by atoms with E-state index in [1.165, 1.54) is 12.7 Å². The van der Waals surface area contributed by atoms with E-state index in [9.17, 15) is 9.59 Å². The van der Waals surface area contributed by atoms with Gasteiger partial charge in [-0.25, -0.2) is 4.79 Å². The Balaban J connectivity index is 2.54. The Morgan fingerprint density at radius 1 is 1.27 bits per heavy atom. The topological polar surface area (TPSA) is 81.4 Å². The molecule has 0 aliphatic heterocycles. The monoisotopic (exact) mass is 324 g/mol. The third-order valence-corrected chi connectivity index (χ3v) is 4.33. The Morgan fingerprint density at radius 2 is 1.91 bits per heavy atom. The molecular weight excluding hydrogens is 300 g/mol. The first-order chi connectivity index (χ1) is 10.5. The molecule has 2 atom stereocenters. The molecular formula is C16H24N2O3S. The number of esters is 1. The molecule has 1 rings (SSSR count). The second kappa shape index (κ2) is 9.48. The highest BCUT2D eigenvalue weighted by Crippen LogP contribution is 2.13. The van der Waals surface area contributed by atoms with Gasteiger partial charge in [-0.3, -0.25) is 4.79 Å². The maximum absolute atomic E-state index is 12.0. The molecule has 0 radical (unpaired) electrons. The molecule has 3 N–H and O–H groups in total. The Kier molecular flexibility index (Phi) is 7.98.